The third kappa shape index (κ3) is 2.82. The number of furan rings is 1. The molecule has 0 bridgehead atoms. The predicted octanol–water partition coefficient (Wildman–Crippen LogP) is 2.54. The molecule has 2 N–H and O–H groups in total. The number of nitrogens with zero attached hydrogens (tertiary/aromatic N) is 3. The maximum atomic E-state index is 5.62. The zero-order valence-electron chi connectivity index (χ0n) is 13.2. The monoisotopic (exact) mass is 311 g/mol. The van der Waals surface area contributed by atoms with Crippen molar-refractivity contribution in [3.8, 4) is 0 Å². The molecule has 6 nitrogen and oxygen atoms in total. The summed E-state index contributed by atoms with van der Waals surface area (Å²) < 4.78 is 7.73. The molecule has 0 radical (unpaired) electrons. The van der Waals surface area contributed by atoms with Crippen molar-refractivity contribution in [2.45, 2.75) is 32.4 Å². The fourth-order valence-electron chi connectivity index (χ4n) is 3.08. The lowest BCUT2D eigenvalue weighted by atomic mass is 10.1. The number of nitrogens with one attached hydrogen (secondary N) is 2. The number of hydrogen-bond donors (Lipinski definition) is 2. The van der Waals surface area contributed by atoms with Gasteiger partial charge >= 0.3 is 0 Å². The lowest BCUT2D eigenvalue weighted by Crippen LogP contribution is -2.36. The Balaban J connectivity index is 1.70. The van der Waals surface area contributed by atoms with Crippen LogP contribution in [-0.4, -0.2) is 33.7 Å². The zero-order valence-corrected chi connectivity index (χ0v) is 13.2. The van der Waals surface area contributed by atoms with E-state index in [1.165, 1.54) is 0 Å². The molecule has 1 saturated heterocycles. The molecule has 3 aromatic rings. The molecular weight excluding hydrogens is 290 g/mol. The molecule has 120 valence electrons. The second-order valence-electron chi connectivity index (χ2n) is 6.06. The van der Waals surface area contributed by atoms with Gasteiger partial charge in [-0.15, -0.1) is 0 Å². The Bertz CT molecular complexity index is 800. The summed E-state index contributed by atoms with van der Waals surface area (Å²) in [6.45, 7) is 4.80. The van der Waals surface area contributed by atoms with E-state index in [0.29, 0.717) is 12.6 Å². The van der Waals surface area contributed by atoms with Crippen molar-refractivity contribution in [2.75, 3.05) is 18.4 Å². The van der Waals surface area contributed by atoms with Crippen LogP contribution in [0.25, 0.3) is 11.2 Å². The molecule has 1 aliphatic rings. The Labute approximate surface area is 134 Å². The topological polar surface area (TPSA) is 67.9 Å². The second kappa shape index (κ2) is 6.04. The zero-order chi connectivity index (χ0) is 15.6. The van der Waals surface area contributed by atoms with Gasteiger partial charge in [-0.25, -0.2) is 9.97 Å². The number of aromatic nitrogens is 3. The number of hydrogen-bond acceptors (Lipinski definition) is 5. The van der Waals surface area contributed by atoms with E-state index >= 15 is 0 Å². The van der Waals surface area contributed by atoms with Crippen molar-refractivity contribution in [3.05, 3.63) is 42.0 Å². The van der Waals surface area contributed by atoms with Crippen molar-refractivity contribution in [2.24, 2.45) is 0 Å². The first kappa shape index (κ1) is 14.3. The molecular formula is C17H21N5O. The Hall–Kier alpha value is -2.34. The van der Waals surface area contributed by atoms with Crippen LogP contribution in [0.5, 0.6) is 0 Å². The first-order valence-electron chi connectivity index (χ1n) is 8.13. The normalized spacial score (nSPS) is 16.0. The lowest BCUT2D eigenvalue weighted by molar-refractivity contribution is 0.471. The maximum Gasteiger partial charge on any atom is 0.205 e. The smallest absolute Gasteiger partial charge is 0.205 e. The molecule has 4 heterocycles. The van der Waals surface area contributed by atoms with Gasteiger partial charge in [0.1, 0.15) is 11.3 Å². The highest BCUT2D eigenvalue weighted by atomic mass is 16.3. The molecule has 1 aliphatic heterocycles. The van der Waals surface area contributed by atoms with Gasteiger partial charge in [-0.1, -0.05) is 0 Å². The van der Waals surface area contributed by atoms with Crippen LogP contribution < -0.4 is 10.6 Å². The third-order valence-corrected chi connectivity index (χ3v) is 4.45. The Morgan fingerprint density at radius 2 is 2.22 bits per heavy atom. The van der Waals surface area contributed by atoms with Gasteiger partial charge in [0.25, 0.3) is 0 Å². The van der Waals surface area contributed by atoms with Crippen molar-refractivity contribution in [1.82, 2.24) is 19.9 Å². The van der Waals surface area contributed by atoms with E-state index in [2.05, 4.69) is 27.1 Å². The molecule has 0 aromatic carbocycles. The number of imidazole rings is 1. The second-order valence-corrected chi connectivity index (χ2v) is 6.06. The van der Waals surface area contributed by atoms with Crippen LogP contribution in [0, 0.1) is 6.92 Å². The molecule has 23 heavy (non-hydrogen) atoms. The number of piperidine rings is 1. The molecule has 0 amide bonds. The standard InChI is InChI=1S/C17H21N5O/c1-12-6-10-23-15(12)11-22-16-14(3-2-7-19-16)21-17(22)20-13-4-8-18-9-5-13/h2-3,6-7,10,13,18H,4-5,8-9,11H2,1H3,(H,20,21). The number of rotatable bonds is 4. The fraction of sp³-hybridized carbons (Fsp3) is 0.412. The quantitative estimate of drug-likeness (QED) is 0.775. The summed E-state index contributed by atoms with van der Waals surface area (Å²) in [4.78, 5) is 9.26. The highest BCUT2D eigenvalue weighted by molar-refractivity contribution is 5.74. The molecule has 0 saturated carbocycles. The SMILES string of the molecule is Cc1ccoc1Cn1c(NC2CCNCC2)nc2cccnc21. The van der Waals surface area contributed by atoms with Crippen molar-refractivity contribution in [1.29, 1.82) is 0 Å². The Morgan fingerprint density at radius 3 is 3.00 bits per heavy atom. The lowest BCUT2D eigenvalue weighted by Gasteiger charge is -2.24. The van der Waals surface area contributed by atoms with Gasteiger partial charge < -0.3 is 15.1 Å². The minimum Gasteiger partial charge on any atom is -0.467 e. The molecule has 6 heteroatoms. The molecule has 0 unspecified atom stereocenters. The van der Waals surface area contributed by atoms with Gasteiger partial charge in [-0.2, -0.15) is 0 Å². The summed E-state index contributed by atoms with van der Waals surface area (Å²) in [6.07, 6.45) is 5.76. The van der Waals surface area contributed by atoms with E-state index < -0.39 is 0 Å². The van der Waals surface area contributed by atoms with Crippen LogP contribution in [0.2, 0.25) is 0 Å². The summed E-state index contributed by atoms with van der Waals surface area (Å²) >= 11 is 0. The van der Waals surface area contributed by atoms with E-state index in [9.17, 15) is 0 Å². The van der Waals surface area contributed by atoms with Crippen LogP contribution in [-0.2, 0) is 6.54 Å². The predicted molar refractivity (Wildman–Crippen MR) is 89.6 cm³/mol. The highest BCUT2D eigenvalue weighted by Gasteiger charge is 2.19. The number of pyridine rings is 1. The summed E-state index contributed by atoms with van der Waals surface area (Å²) in [6, 6.07) is 6.36. The minimum absolute atomic E-state index is 0.449. The first-order chi connectivity index (χ1) is 11.3. The van der Waals surface area contributed by atoms with Crippen molar-refractivity contribution < 1.29 is 4.42 Å². The fourth-order valence-corrected chi connectivity index (χ4v) is 3.08. The Kier molecular flexibility index (Phi) is 3.75. The van der Waals surface area contributed by atoms with E-state index in [1.807, 2.05) is 24.4 Å². The van der Waals surface area contributed by atoms with E-state index in [-0.39, 0.29) is 0 Å². The Morgan fingerprint density at radius 1 is 1.35 bits per heavy atom. The molecule has 0 spiro atoms. The van der Waals surface area contributed by atoms with Crippen LogP contribution >= 0.6 is 0 Å². The number of fused-ring (bicyclic) bond motifs is 1. The van der Waals surface area contributed by atoms with E-state index in [1.54, 1.807) is 6.26 Å². The summed E-state index contributed by atoms with van der Waals surface area (Å²) in [7, 11) is 0. The summed E-state index contributed by atoms with van der Waals surface area (Å²) in [5, 5.41) is 6.99. The van der Waals surface area contributed by atoms with Crippen molar-refractivity contribution in [3.63, 3.8) is 0 Å². The van der Waals surface area contributed by atoms with Gasteiger partial charge in [-0.3, -0.25) is 4.57 Å². The average molecular weight is 311 g/mol. The van der Waals surface area contributed by atoms with Gasteiger partial charge in [0, 0.05) is 12.2 Å². The highest BCUT2D eigenvalue weighted by Crippen LogP contribution is 2.22. The van der Waals surface area contributed by atoms with E-state index in [4.69, 9.17) is 9.40 Å². The largest absolute Gasteiger partial charge is 0.467 e. The summed E-state index contributed by atoms with van der Waals surface area (Å²) in [5.74, 6) is 1.82. The van der Waals surface area contributed by atoms with Crippen molar-refractivity contribution >= 4 is 17.1 Å². The number of anilines is 1. The maximum absolute atomic E-state index is 5.62. The molecule has 3 aromatic heterocycles. The molecule has 0 atom stereocenters. The van der Waals surface area contributed by atoms with Crippen LogP contribution in [0.15, 0.2) is 35.1 Å². The first-order valence-corrected chi connectivity index (χ1v) is 8.13. The molecule has 0 aliphatic carbocycles. The van der Waals surface area contributed by atoms with Crippen LogP contribution in [0.3, 0.4) is 0 Å². The van der Waals surface area contributed by atoms with Crippen LogP contribution in [0.1, 0.15) is 24.2 Å². The van der Waals surface area contributed by atoms with Gasteiger partial charge in [0.2, 0.25) is 5.95 Å². The average Bonchev–Trinajstić information content (AvgIpc) is 3.13. The molecule has 4 rings (SSSR count). The third-order valence-electron chi connectivity index (χ3n) is 4.45. The van der Waals surface area contributed by atoms with E-state index in [0.717, 1.165) is 54.4 Å². The van der Waals surface area contributed by atoms with Gasteiger partial charge in [-0.05, 0) is 56.6 Å². The number of aryl methyl sites for hydroxylation is 1. The van der Waals surface area contributed by atoms with Crippen LogP contribution in [0.4, 0.5) is 5.95 Å². The minimum atomic E-state index is 0.449. The van der Waals surface area contributed by atoms with Gasteiger partial charge in [0.15, 0.2) is 5.65 Å². The van der Waals surface area contributed by atoms with Gasteiger partial charge in [0.05, 0.1) is 12.8 Å². The summed E-state index contributed by atoms with van der Waals surface area (Å²) in [5.41, 5.74) is 2.95. The molecule has 1 fully saturated rings.